The van der Waals surface area contributed by atoms with Gasteiger partial charge in [-0.1, -0.05) is 0 Å². The van der Waals surface area contributed by atoms with E-state index in [1.54, 1.807) is 7.11 Å². The van der Waals surface area contributed by atoms with Crippen molar-refractivity contribution in [2.75, 3.05) is 13.7 Å². The predicted molar refractivity (Wildman–Crippen MR) is 70.7 cm³/mol. The molecule has 4 heteroatoms. The van der Waals surface area contributed by atoms with Crippen LogP contribution in [0.25, 0.3) is 11.3 Å². The van der Waals surface area contributed by atoms with Gasteiger partial charge in [0.1, 0.15) is 11.6 Å². The van der Waals surface area contributed by atoms with Gasteiger partial charge in [0.25, 0.3) is 0 Å². The van der Waals surface area contributed by atoms with Gasteiger partial charge in [0.2, 0.25) is 0 Å². The number of nitrogens with zero attached hydrogens (tertiary/aromatic N) is 2. The van der Waals surface area contributed by atoms with E-state index in [1.165, 1.54) is 11.3 Å². The van der Waals surface area contributed by atoms with E-state index in [2.05, 4.69) is 33.9 Å². The van der Waals surface area contributed by atoms with Gasteiger partial charge in [0.15, 0.2) is 0 Å². The number of imidazole rings is 1. The molecule has 94 valence electrons. The lowest BCUT2D eigenvalue weighted by Crippen LogP contribution is -2.28. The second-order valence-corrected chi connectivity index (χ2v) is 4.57. The van der Waals surface area contributed by atoms with Crippen molar-refractivity contribution < 1.29 is 4.74 Å². The molecule has 1 N–H and O–H groups in total. The van der Waals surface area contributed by atoms with Gasteiger partial charge < -0.3 is 14.6 Å². The average Bonchev–Trinajstić information content (AvgIpc) is 2.82. The molecule has 0 fully saturated rings. The Kier molecular flexibility index (Phi) is 2.80. The summed E-state index contributed by atoms with van der Waals surface area (Å²) >= 11 is 0. The van der Waals surface area contributed by atoms with Gasteiger partial charge >= 0.3 is 0 Å². The molecule has 2 heterocycles. The third-order valence-corrected chi connectivity index (χ3v) is 3.42. The van der Waals surface area contributed by atoms with Crippen molar-refractivity contribution in [1.29, 1.82) is 0 Å². The molecular weight excluding hydrogens is 226 g/mol. The molecule has 18 heavy (non-hydrogen) atoms. The molecule has 1 aliphatic rings. The zero-order valence-corrected chi connectivity index (χ0v) is 10.7. The molecular formula is C14H17N3O. The number of aryl methyl sites for hydroxylation is 1. The Morgan fingerprint density at radius 3 is 3.06 bits per heavy atom. The normalized spacial score (nSPS) is 14.3. The topological polar surface area (TPSA) is 39.1 Å². The number of benzene rings is 1. The summed E-state index contributed by atoms with van der Waals surface area (Å²) in [6, 6.07) is 6.27. The van der Waals surface area contributed by atoms with Crippen molar-refractivity contribution in [3.8, 4) is 17.0 Å². The molecule has 0 saturated carbocycles. The lowest BCUT2D eigenvalue weighted by Gasteiger charge is -2.18. The summed E-state index contributed by atoms with van der Waals surface area (Å²) in [4.78, 5) is 4.47. The van der Waals surface area contributed by atoms with E-state index in [9.17, 15) is 0 Å². The molecule has 3 rings (SSSR count). The van der Waals surface area contributed by atoms with E-state index in [0.29, 0.717) is 0 Å². The molecule has 0 unspecified atom stereocenters. The largest absolute Gasteiger partial charge is 0.496 e. The third-order valence-electron chi connectivity index (χ3n) is 3.42. The molecule has 4 nitrogen and oxygen atoms in total. The quantitative estimate of drug-likeness (QED) is 0.876. The van der Waals surface area contributed by atoms with Gasteiger partial charge in [-0.25, -0.2) is 4.98 Å². The number of aromatic nitrogens is 2. The smallest absolute Gasteiger partial charge is 0.123 e. The fourth-order valence-corrected chi connectivity index (χ4v) is 2.46. The lowest BCUT2D eigenvalue weighted by atomic mass is 10.1. The van der Waals surface area contributed by atoms with Crippen molar-refractivity contribution in [1.82, 2.24) is 14.9 Å². The first-order valence-corrected chi connectivity index (χ1v) is 6.19. The highest BCUT2D eigenvalue weighted by Gasteiger charge is 2.15. The van der Waals surface area contributed by atoms with Crippen LogP contribution in [0.4, 0.5) is 0 Å². The minimum absolute atomic E-state index is 0.856. The van der Waals surface area contributed by atoms with Crippen LogP contribution in [-0.2, 0) is 13.1 Å². The molecule has 0 aliphatic carbocycles. The molecule has 2 aromatic rings. The van der Waals surface area contributed by atoms with E-state index in [4.69, 9.17) is 4.74 Å². The van der Waals surface area contributed by atoms with Crippen molar-refractivity contribution in [2.24, 2.45) is 0 Å². The van der Waals surface area contributed by atoms with Crippen LogP contribution in [0.5, 0.6) is 5.75 Å². The minimum atomic E-state index is 0.856. The molecule has 0 amide bonds. The maximum absolute atomic E-state index is 5.30. The van der Waals surface area contributed by atoms with Crippen LogP contribution in [0.3, 0.4) is 0 Å². The summed E-state index contributed by atoms with van der Waals surface area (Å²) in [7, 11) is 1.70. The van der Waals surface area contributed by atoms with E-state index < -0.39 is 0 Å². The summed E-state index contributed by atoms with van der Waals surface area (Å²) in [6.45, 7) is 4.91. The van der Waals surface area contributed by atoms with Gasteiger partial charge in [-0.15, -0.1) is 0 Å². The van der Waals surface area contributed by atoms with Crippen LogP contribution < -0.4 is 10.1 Å². The number of hydrogen-bond acceptors (Lipinski definition) is 3. The Morgan fingerprint density at radius 2 is 2.28 bits per heavy atom. The molecule has 0 radical (unpaired) electrons. The molecule has 0 spiro atoms. The Labute approximate surface area is 107 Å². The first-order valence-electron chi connectivity index (χ1n) is 6.19. The van der Waals surface area contributed by atoms with Gasteiger partial charge in [0.05, 0.1) is 25.5 Å². The van der Waals surface area contributed by atoms with Crippen LogP contribution in [0, 0.1) is 6.92 Å². The fraction of sp³-hybridized carbons (Fsp3) is 0.357. The third kappa shape index (κ3) is 1.78. The van der Waals surface area contributed by atoms with E-state index in [0.717, 1.165) is 36.8 Å². The molecule has 0 bridgehead atoms. The van der Waals surface area contributed by atoms with Crippen molar-refractivity contribution in [3.05, 3.63) is 35.8 Å². The molecule has 0 atom stereocenters. The van der Waals surface area contributed by atoms with E-state index in [-0.39, 0.29) is 0 Å². The minimum Gasteiger partial charge on any atom is -0.496 e. The van der Waals surface area contributed by atoms with Crippen molar-refractivity contribution >= 4 is 0 Å². The summed E-state index contributed by atoms with van der Waals surface area (Å²) in [5, 5.41) is 3.33. The Morgan fingerprint density at radius 1 is 1.39 bits per heavy atom. The second kappa shape index (κ2) is 4.46. The van der Waals surface area contributed by atoms with Gasteiger partial charge in [0, 0.05) is 18.7 Å². The van der Waals surface area contributed by atoms with Gasteiger partial charge in [-0.3, -0.25) is 0 Å². The highest BCUT2D eigenvalue weighted by atomic mass is 16.5. The molecule has 1 aromatic carbocycles. The average molecular weight is 243 g/mol. The maximum atomic E-state index is 5.30. The van der Waals surface area contributed by atoms with E-state index >= 15 is 0 Å². The number of ether oxygens (including phenoxy) is 1. The zero-order chi connectivity index (χ0) is 12.5. The number of methoxy groups -OCH3 is 1. The van der Waals surface area contributed by atoms with Crippen LogP contribution in [0.15, 0.2) is 24.4 Å². The summed E-state index contributed by atoms with van der Waals surface area (Å²) < 4.78 is 7.59. The van der Waals surface area contributed by atoms with Crippen LogP contribution in [0.2, 0.25) is 0 Å². The Bertz CT molecular complexity index is 574. The standard InChI is InChI=1S/C14H17N3O/c1-10-7-11(3-4-13(10)18-2)12-8-16-14-9-15-5-6-17(12)14/h3-4,7-8,15H,5-6,9H2,1-2H3. The monoisotopic (exact) mass is 243 g/mol. The number of hydrogen-bond donors (Lipinski definition) is 1. The van der Waals surface area contributed by atoms with Gasteiger partial charge in [-0.2, -0.15) is 0 Å². The van der Waals surface area contributed by atoms with Gasteiger partial charge in [-0.05, 0) is 30.7 Å². The van der Waals surface area contributed by atoms with Crippen LogP contribution in [-0.4, -0.2) is 23.2 Å². The van der Waals surface area contributed by atoms with Crippen LogP contribution >= 0.6 is 0 Å². The Balaban J connectivity index is 2.04. The first-order chi connectivity index (χ1) is 8.79. The lowest BCUT2D eigenvalue weighted by molar-refractivity contribution is 0.412. The summed E-state index contributed by atoms with van der Waals surface area (Å²) in [5.41, 5.74) is 3.55. The summed E-state index contributed by atoms with van der Waals surface area (Å²) in [5.74, 6) is 2.04. The highest BCUT2D eigenvalue weighted by Crippen LogP contribution is 2.27. The zero-order valence-electron chi connectivity index (χ0n) is 10.7. The fourth-order valence-electron chi connectivity index (χ4n) is 2.46. The van der Waals surface area contributed by atoms with E-state index in [1.807, 2.05) is 12.3 Å². The number of fused-ring (bicyclic) bond motifs is 1. The predicted octanol–water partition coefficient (Wildman–Crippen LogP) is 1.97. The Hall–Kier alpha value is -1.81. The number of rotatable bonds is 2. The van der Waals surface area contributed by atoms with Crippen LogP contribution in [0.1, 0.15) is 11.4 Å². The molecule has 1 aliphatic heterocycles. The molecule has 0 saturated heterocycles. The second-order valence-electron chi connectivity index (χ2n) is 4.57. The SMILES string of the molecule is COc1ccc(-c2cnc3n2CCNC3)cc1C. The first kappa shape index (κ1) is 11.3. The maximum Gasteiger partial charge on any atom is 0.123 e. The number of nitrogens with one attached hydrogen (secondary N) is 1. The van der Waals surface area contributed by atoms with Crippen molar-refractivity contribution in [3.63, 3.8) is 0 Å². The van der Waals surface area contributed by atoms with Crippen molar-refractivity contribution in [2.45, 2.75) is 20.0 Å². The molecule has 1 aromatic heterocycles. The highest BCUT2D eigenvalue weighted by molar-refractivity contribution is 5.62. The summed E-state index contributed by atoms with van der Waals surface area (Å²) in [6.07, 6.45) is 1.96.